The van der Waals surface area contributed by atoms with Crippen molar-refractivity contribution < 1.29 is 22.3 Å². The van der Waals surface area contributed by atoms with Crippen molar-refractivity contribution in [2.45, 2.75) is 11.6 Å². The molecule has 0 bridgehead atoms. The number of methoxy groups -OCH3 is 1. The molecule has 26 heavy (non-hydrogen) atoms. The molecule has 0 N–H and O–H groups in total. The summed E-state index contributed by atoms with van der Waals surface area (Å²) in [5.41, 5.74) is 0.111. The van der Waals surface area contributed by atoms with E-state index in [4.69, 9.17) is 0 Å². The van der Waals surface area contributed by atoms with E-state index in [1.807, 2.05) is 4.90 Å². The lowest BCUT2D eigenvalue weighted by Gasteiger charge is -2.33. The van der Waals surface area contributed by atoms with Crippen LogP contribution in [-0.2, 0) is 21.4 Å². The van der Waals surface area contributed by atoms with Crippen molar-refractivity contribution in [3.05, 3.63) is 42.0 Å². The second-order valence-electron chi connectivity index (χ2n) is 5.76. The highest BCUT2D eigenvalue weighted by Gasteiger charge is 2.29. The first-order valence-corrected chi connectivity index (χ1v) is 9.30. The average Bonchev–Trinajstić information content (AvgIpc) is 3.10. The summed E-state index contributed by atoms with van der Waals surface area (Å²) in [5.74, 6) is -1.15. The summed E-state index contributed by atoms with van der Waals surface area (Å²) >= 11 is 0. The van der Waals surface area contributed by atoms with Crippen molar-refractivity contribution in [1.29, 1.82) is 0 Å². The highest BCUT2D eigenvalue weighted by Crippen LogP contribution is 2.18. The minimum absolute atomic E-state index is 0.0510. The van der Waals surface area contributed by atoms with Crippen molar-refractivity contribution >= 4 is 16.0 Å². The van der Waals surface area contributed by atoms with Crippen molar-refractivity contribution in [2.75, 3.05) is 33.3 Å². The zero-order valence-electron chi connectivity index (χ0n) is 14.1. The molecule has 1 aliphatic heterocycles. The quantitative estimate of drug-likeness (QED) is 0.679. The number of rotatable bonds is 5. The number of hydrogen-bond acceptors (Lipinski definition) is 7. The lowest BCUT2D eigenvalue weighted by molar-refractivity contribution is 0.0593. The molecule has 1 aliphatic rings. The molecule has 1 saturated heterocycles. The van der Waals surface area contributed by atoms with E-state index in [-0.39, 0.29) is 23.7 Å². The second kappa shape index (κ2) is 7.48. The Morgan fingerprint density at radius 2 is 2.00 bits per heavy atom. The van der Waals surface area contributed by atoms with Crippen LogP contribution in [0.25, 0.3) is 0 Å². The lowest BCUT2D eigenvalue weighted by atomic mass is 10.4. The summed E-state index contributed by atoms with van der Waals surface area (Å²) in [6.07, 6.45) is 1.47. The summed E-state index contributed by atoms with van der Waals surface area (Å²) in [6, 6.07) is 4.99. The van der Waals surface area contributed by atoms with E-state index >= 15 is 0 Å². The van der Waals surface area contributed by atoms with Gasteiger partial charge in [0.1, 0.15) is 5.82 Å². The van der Waals surface area contributed by atoms with Gasteiger partial charge in [-0.05, 0) is 18.2 Å². The van der Waals surface area contributed by atoms with E-state index in [1.54, 1.807) is 0 Å². The first-order valence-electron chi connectivity index (χ1n) is 7.86. The van der Waals surface area contributed by atoms with Gasteiger partial charge in [-0.25, -0.2) is 22.3 Å². The van der Waals surface area contributed by atoms with E-state index < -0.39 is 21.8 Å². The molecule has 0 amide bonds. The number of piperazine rings is 1. The van der Waals surface area contributed by atoms with Crippen LogP contribution in [0, 0.1) is 5.82 Å². The molecular weight excluding hydrogens is 365 g/mol. The van der Waals surface area contributed by atoms with Crippen molar-refractivity contribution in [1.82, 2.24) is 24.2 Å². The first kappa shape index (κ1) is 18.4. The van der Waals surface area contributed by atoms with Gasteiger partial charge in [0, 0.05) is 26.2 Å². The summed E-state index contributed by atoms with van der Waals surface area (Å²) in [5, 5.41) is 7.58. The second-order valence-corrected chi connectivity index (χ2v) is 7.69. The van der Waals surface area contributed by atoms with Gasteiger partial charge in [0.25, 0.3) is 0 Å². The maximum atomic E-state index is 13.3. The van der Waals surface area contributed by atoms with Gasteiger partial charge in [-0.3, -0.25) is 4.90 Å². The minimum atomic E-state index is -3.72. The third-order valence-electron chi connectivity index (χ3n) is 4.04. The van der Waals surface area contributed by atoms with E-state index in [2.05, 4.69) is 15.0 Å². The summed E-state index contributed by atoms with van der Waals surface area (Å²) in [7, 11) is -2.46. The molecule has 1 aromatic heterocycles. The molecule has 2 aromatic rings. The van der Waals surface area contributed by atoms with Gasteiger partial charge in [-0.2, -0.15) is 4.31 Å². The van der Waals surface area contributed by atoms with Crippen molar-refractivity contribution in [2.24, 2.45) is 0 Å². The largest absolute Gasteiger partial charge is 0.464 e. The van der Waals surface area contributed by atoms with Crippen molar-refractivity contribution in [3.8, 4) is 0 Å². The van der Waals surface area contributed by atoms with Crippen LogP contribution in [0.4, 0.5) is 4.39 Å². The number of hydrogen-bond donors (Lipinski definition) is 0. The van der Waals surface area contributed by atoms with Crippen LogP contribution in [0.3, 0.4) is 0 Å². The van der Waals surface area contributed by atoms with Crippen LogP contribution in [0.1, 0.15) is 10.5 Å². The smallest absolute Gasteiger partial charge is 0.360 e. The number of nitrogens with zero attached hydrogens (tertiary/aromatic N) is 5. The molecule has 9 nitrogen and oxygen atoms in total. The fraction of sp³-hybridized carbons (Fsp3) is 0.400. The number of halogens is 1. The summed E-state index contributed by atoms with van der Waals surface area (Å²) in [6.45, 7) is 1.87. The Kier molecular flexibility index (Phi) is 5.30. The molecule has 0 aliphatic carbocycles. The Bertz CT molecular complexity index is 893. The number of aromatic nitrogens is 3. The zero-order chi connectivity index (χ0) is 18.7. The van der Waals surface area contributed by atoms with Crippen LogP contribution in [-0.4, -0.2) is 71.9 Å². The van der Waals surface area contributed by atoms with Crippen LogP contribution in [0.2, 0.25) is 0 Å². The molecule has 0 unspecified atom stereocenters. The predicted octanol–water partition coefficient (Wildman–Crippen LogP) is 0.168. The summed E-state index contributed by atoms with van der Waals surface area (Å²) in [4.78, 5) is 13.3. The fourth-order valence-electron chi connectivity index (χ4n) is 2.66. The van der Waals surface area contributed by atoms with Gasteiger partial charge < -0.3 is 4.74 Å². The minimum Gasteiger partial charge on any atom is -0.464 e. The third-order valence-corrected chi connectivity index (χ3v) is 5.94. The third kappa shape index (κ3) is 3.89. The average molecular weight is 383 g/mol. The van der Waals surface area contributed by atoms with Gasteiger partial charge in [0.15, 0.2) is 5.69 Å². The number of esters is 1. The highest BCUT2D eigenvalue weighted by atomic mass is 32.2. The molecule has 0 atom stereocenters. The molecule has 1 fully saturated rings. The molecular formula is C15H18FN5O4S. The Balaban J connectivity index is 1.60. The standard InChI is InChI=1S/C15H18FN5O4S/c1-25-15(22)14-10-20(18-17-14)11-19-5-7-21(8-6-19)26(23,24)13-4-2-3-12(16)9-13/h2-4,9-10H,5-8,11H2,1H3. The van der Waals surface area contributed by atoms with E-state index in [9.17, 15) is 17.6 Å². The molecule has 3 rings (SSSR count). The molecule has 2 heterocycles. The number of sulfonamides is 1. The van der Waals surface area contributed by atoms with Crippen molar-refractivity contribution in [3.63, 3.8) is 0 Å². The fourth-order valence-corrected chi connectivity index (χ4v) is 4.11. The molecule has 0 saturated carbocycles. The Labute approximate surface area is 150 Å². The predicted molar refractivity (Wildman–Crippen MR) is 88.1 cm³/mol. The Morgan fingerprint density at radius 1 is 1.27 bits per heavy atom. The van der Waals surface area contributed by atoms with Crippen LogP contribution in [0.5, 0.6) is 0 Å². The maximum Gasteiger partial charge on any atom is 0.360 e. The van der Waals surface area contributed by atoms with Gasteiger partial charge >= 0.3 is 5.97 Å². The monoisotopic (exact) mass is 383 g/mol. The van der Waals surface area contributed by atoms with E-state index in [0.29, 0.717) is 19.8 Å². The number of carbonyl (C=O) groups is 1. The lowest BCUT2D eigenvalue weighted by Crippen LogP contribution is -2.48. The summed E-state index contributed by atoms with van der Waals surface area (Å²) < 4.78 is 45.9. The SMILES string of the molecule is COC(=O)c1cn(CN2CCN(S(=O)(=O)c3cccc(F)c3)CC2)nn1. The molecule has 0 radical (unpaired) electrons. The van der Waals surface area contributed by atoms with Crippen LogP contribution in [0.15, 0.2) is 35.4 Å². The number of carbonyl (C=O) groups excluding carboxylic acids is 1. The first-order chi connectivity index (χ1) is 12.4. The highest BCUT2D eigenvalue weighted by molar-refractivity contribution is 7.89. The Hall–Kier alpha value is -2.37. The Morgan fingerprint density at radius 3 is 2.65 bits per heavy atom. The van der Waals surface area contributed by atoms with Gasteiger partial charge in [-0.15, -0.1) is 5.10 Å². The molecule has 140 valence electrons. The van der Waals surface area contributed by atoms with E-state index in [1.165, 1.54) is 40.5 Å². The molecule has 1 aromatic carbocycles. The van der Waals surface area contributed by atoms with Gasteiger partial charge in [0.05, 0.1) is 24.9 Å². The zero-order valence-corrected chi connectivity index (χ0v) is 14.9. The number of benzene rings is 1. The molecule has 0 spiro atoms. The van der Waals surface area contributed by atoms with Crippen LogP contribution < -0.4 is 0 Å². The van der Waals surface area contributed by atoms with Gasteiger partial charge in [-0.1, -0.05) is 11.3 Å². The number of ether oxygens (including phenoxy) is 1. The normalized spacial score (nSPS) is 16.5. The van der Waals surface area contributed by atoms with E-state index in [0.717, 1.165) is 6.07 Å². The van der Waals surface area contributed by atoms with Crippen LogP contribution >= 0.6 is 0 Å². The molecule has 11 heteroatoms. The maximum absolute atomic E-state index is 13.3. The topological polar surface area (TPSA) is 97.6 Å². The van der Waals surface area contributed by atoms with Gasteiger partial charge in [0.2, 0.25) is 10.0 Å².